The van der Waals surface area contributed by atoms with Gasteiger partial charge in [0.25, 0.3) is 5.91 Å². The van der Waals surface area contributed by atoms with Gasteiger partial charge in [-0.1, -0.05) is 42.5 Å². The van der Waals surface area contributed by atoms with E-state index in [0.29, 0.717) is 31.9 Å². The average molecular weight is 432 g/mol. The van der Waals surface area contributed by atoms with Gasteiger partial charge in [-0.15, -0.1) is 0 Å². The van der Waals surface area contributed by atoms with Crippen LogP contribution in [0.4, 0.5) is 8.78 Å². The summed E-state index contributed by atoms with van der Waals surface area (Å²) < 4.78 is 27.0. The Morgan fingerprint density at radius 1 is 0.812 bits per heavy atom. The first-order valence-electron chi connectivity index (χ1n) is 10.6. The fourth-order valence-electron chi connectivity index (χ4n) is 4.36. The van der Waals surface area contributed by atoms with E-state index in [0.717, 1.165) is 22.0 Å². The molecule has 0 unspecified atom stereocenters. The third kappa shape index (κ3) is 3.87. The highest BCUT2D eigenvalue weighted by Crippen LogP contribution is 2.30. The van der Waals surface area contributed by atoms with E-state index in [-0.39, 0.29) is 23.6 Å². The molecule has 2 heterocycles. The van der Waals surface area contributed by atoms with Gasteiger partial charge < -0.3 is 4.90 Å². The molecule has 0 bridgehead atoms. The Bertz CT molecular complexity index is 1180. The van der Waals surface area contributed by atoms with Crippen molar-refractivity contribution in [2.45, 2.75) is 6.04 Å². The van der Waals surface area contributed by atoms with Crippen molar-refractivity contribution < 1.29 is 13.6 Å². The first-order valence-corrected chi connectivity index (χ1v) is 10.6. The number of carbonyl (C=O) groups excluding carboxylic acids is 1. The predicted octanol–water partition coefficient (Wildman–Crippen LogP) is 4.39. The lowest BCUT2D eigenvalue weighted by molar-refractivity contribution is 0.0593. The molecule has 1 aromatic heterocycles. The number of carbonyl (C=O) groups is 1. The van der Waals surface area contributed by atoms with Crippen LogP contribution < -0.4 is 0 Å². The molecule has 0 radical (unpaired) electrons. The van der Waals surface area contributed by atoms with Gasteiger partial charge in [-0.2, -0.15) is 5.10 Å². The highest BCUT2D eigenvalue weighted by Gasteiger charge is 2.30. The molecule has 7 heteroatoms. The molecule has 1 aliphatic heterocycles. The summed E-state index contributed by atoms with van der Waals surface area (Å²) in [6.07, 6.45) is 0. The Kier molecular flexibility index (Phi) is 5.41. The molecule has 1 amide bonds. The molecular formula is C25H22F2N4O. The van der Waals surface area contributed by atoms with Crippen LogP contribution in [-0.4, -0.2) is 52.1 Å². The summed E-state index contributed by atoms with van der Waals surface area (Å²) in [5, 5.41) is 7.97. The Labute approximate surface area is 184 Å². The van der Waals surface area contributed by atoms with E-state index in [2.05, 4.69) is 15.1 Å². The second-order valence-electron chi connectivity index (χ2n) is 7.95. The van der Waals surface area contributed by atoms with Crippen molar-refractivity contribution >= 4 is 16.8 Å². The van der Waals surface area contributed by atoms with Gasteiger partial charge in [-0.3, -0.25) is 14.8 Å². The lowest BCUT2D eigenvalue weighted by atomic mass is 9.96. The van der Waals surface area contributed by atoms with Gasteiger partial charge in [-0.25, -0.2) is 8.78 Å². The molecule has 1 saturated heterocycles. The number of para-hydroxylation sites is 1. The van der Waals surface area contributed by atoms with Gasteiger partial charge in [0.05, 0.1) is 11.6 Å². The quantitative estimate of drug-likeness (QED) is 0.521. The minimum Gasteiger partial charge on any atom is -0.335 e. The Morgan fingerprint density at radius 2 is 1.38 bits per heavy atom. The molecule has 0 spiro atoms. The van der Waals surface area contributed by atoms with Gasteiger partial charge in [0.2, 0.25) is 0 Å². The Balaban J connectivity index is 1.37. The number of hydrogen-bond acceptors (Lipinski definition) is 3. The van der Waals surface area contributed by atoms with Crippen molar-refractivity contribution in [3.05, 3.63) is 101 Å². The third-order valence-electron chi connectivity index (χ3n) is 6.01. The second-order valence-corrected chi connectivity index (χ2v) is 7.95. The largest absolute Gasteiger partial charge is 0.335 e. The average Bonchev–Trinajstić information content (AvgIpc) is 3.26. The van der Waals surface area contributed by atoms with Crippen LogP contribution in [0.5, 0.6) is 0 Å². The van der Waals surface area contributed by atoms with Gasteiger partial charge in [0.1, 0.15) is 11.6 Å². The number of nitrogens with zero attached hydrogens (tertiary/aromatic N) is 3. The van der Waals surface area contributed by atoms with E-state index in [9.17, 15) is 13.6 Å². The predicted molar refractivity (Wildman–Crippen MR) is 118 cm³/mol. The number of aromatic nitrogens is 2. The summed E-state index contributed by atoms with van der Waals surface area (Å²) in [5.74, 6) is -0.691. The summed E-state index contributed by atoms with van der Waals surface area (Å²) in [6, 6.07) is 20.2. The maximum Gasteiger partial charge on any atom is 0.275 e. The number of nitrogens with one attached hydrogen (secondary N) is 1. The molecule has 0 saturated carbocycles. The van der Waals surface area contributed by atoms with Crippen LogP contribution in [0.2, 0.25) is 0 Å². The summed E-state index contributed by atoms with van der Waals surface area (Å²) >= 11 is 0. The van der Waals surface area contributed by atoms with Crippen molar-refractivity contribution in [1.82, 2.24) is 20.0 Å². The topological polar surface area (TPSA) is 52.2 Å². The van der Waals surface area contributed by atoms with Crippen molar-refractivity contribution in [2.24, 2.45) is 0 Å². The highest BCUT2D eigenvalue weighted by molar-refractivity contribution is 6.04. The molecule has 0 aliphatic carbocycles. The minimum atomic E-state index is -0.298. The van der Waals surface area contributed by atoms with Crippen LogP contribution in [0.25, 0.3) is 10.9 Å². The van der Waals surface area contributed by atoms with E-state index in [1.807, 2.05) is 29.2 Å². The molecule has 0 atom stereocenters. The van der Waals surface area contributed by atoms with Crippen LogP contribution in [-0.2, 0) is 0 Å². The lowest BCUT2D eigenvalue weighted by Gasteiger charge is -2.39. The minimum absolute atomic E-state index is 0.0952. The smallest absolute Gasteiger partial charge is 0.275 e. The van der Waals surface area contributed by atoms with E-state index >= 15 is 0 Å². The Hall–Kier alpha value is -3.58. The van der Waals surface area contributed by atoms with Crippen LogP contribution in [0.3, 0.4) is 0 Å². The van der Waals surface area contributed by atoms with Gasteiger partial charge in [0.15, 0.2) is 5.69 Å². The maximum atomic E-state index is 13.5. The fraction of sp³-hybridized carbons (Fsp3) is 0.200. The zero-order valence-corrected chi connectivity index (χ0v) is 17.3. The molecule has 162 valence electrons. The number of aromatic amines is 1. The zero-order valence-electron chi connectivity index (χ0n) is 17.3. The summed E-state index contributed by atoms with van der Waals surface area (Å²) in [4.78, 5) is 17.2. The van der Waals surface area contributed by atoms with Crippen LogP contribution in [0, 0.1) is 11.6 Å². The molecule has 5 nitrogen and oxygen atoms in total. The number of fused-ring (bicyclic) bond motifs is 1. The molecule has 1 aliphatic rings. The number of hydrogen-bond donors (Lipinski definition) is 1. The van der Waals surface area contributed by atoms with Gasteiger partial charge in [0, 0.05) is 31.6 Å². The van der Waals surface area contributed by atoms with Gasteiger partial charge in [-0.05, 0) is 41.5 Å². The monoisotopic (exact) mass is 432 g/mol. The molecule has 1 N–H and O–H groups in total. The maximum absolute atomic E-state index is 13.5. The van der Waals surface area contributed by atoms with Crippen LogP contribution in [0.1, 0.15) is 27.7 Å². The number of H-pyrrole nitrogens is 1. The lowest BCUT2D eigenvalue weighted by Crippen LogP contribution is -2.50. The molecule has 32 heavy (non-hydrogen) atoms. The van der Waals surface area contributed by atoms with E-state index in [4.69, 9.17) is 0 Å². The number of halogens is 2. The highest BCUT2D eigenvalue weighted by atomic mass is 19.1. The van der Waals surface area contributed by atoms with E-state index in [1.165, 1.54) is 24.3 Å². The first kappa shape index (κ1) is 20.3. The molecule has 5 rings (SSSR count). The summed E-state index contributed by atoms with van der Waals surface area (Å²) in [7, 11) is 0. The SMILES string of the molecule is O=C(c1n[nH]c2ccccc12)N1CCN(C(c2ccc(F)cc2)c2ccc(F)cc2)CC1. The second kappa shape index (κ2) is 8.51. The summed E-state index contributed by atoms with van der Waals surface area (Å²) in [5.41, 5.74) is 3.12. The normalized spacial score (nSPS) is 14.9. The van der Waals surface area contributed by atoms with Crippen molar-refractivity contribution in [1.29, 1.82) is 0 Å². The van der Waals surface area contributed by atoms with E-state index in [1.54, 1.807) is 24.3 Å². The van der Waals surface area contributed by atoms with Crippen molar-refractivity contribution in [2.75, 3.05) is 26.2 Å². The van der Waals surface area contributed by atoms with Crippen molar-refractivity contribution in [3.63, 3.8) is 0 Å². The third-order valence-corrected chi connectivity index (χ3v) is 6.01. The Morgan fingerprint density at radius 3 is 1.97 bits per heavy atom. The molecule has 4 aromatic rings. The summed E-state index contributed by atoms with van der Waals surface area (Å²) in [6.45, 7) is 2.35. The zero-order chi connectivity index (χ0) is 22.1. The fourth-order valence-corrected chi connectivity index (χ4v) is 4.36. The first-order chi connectivity index (χ1) is 15.6. The molecule has 3 aromatic carbocycles. The number of amides is 1. The standard InChI is InChI=1S/C25H22F2N4O/c26-19-9-5-17(6-10-19)24(18-7-11-20(27)12-8-18)30-13-15-31(16-14-30)25(32)23-21-3-1-2-4-22(21)28-29-23/h1-12,24H,13-16H2,(H,28,29). The van der Waals surface area contributed by atoms with Crippen molar-refractivity contribution in [3.8, 4) is 0 Å². The number of rotatable bonds is 4. The van der Waals surface area contributed by atoms with Gasteiger partial charge >= 0.3 is 0 Å². The number of piperazine rings is 1. The van der Waals surface area contributed by atoms with Crippen LogP contribution in [0.15, 0.2) is 72.8 Å². The van der Waals surface area contributed by atoms with E-state index < -0.39 is 0 Å². The van der Waals surface area contributed by atoms with Crippen LogP contribution >= 0.6 is 0 Å². The number of benzene rings is 3. The molecular weight excluding hydrogens is 410 g/mol. The molecule has 1 fully saturated rings.